The Balaban J connectivity index is 1.09. The molecule has 268 valence electrons. The molecular weight excluding hydrogens is 693 g/mol. The lowest BCUT2D eigenvalue weighted by Gasteiger charge is -2.30. The van der Waals surface area contributed by atoms with E-state index in [9.17, 15) is 0 Å². The van der Waals surface area contributed by atoms with Gasteiger partial charge in [0.05, 0.1) is 5.41 Å². The van der Waals surface area contributed by atoms with Gasteiger partial charge in [0.15, 0.2) is 11.4 Å². The highest BCUT2D eigenvalue weighted by molar-refractivity contribution is 6.08. The van der Waals surface area contributed by atoms with Gasteiger partial charge in [-0.05, 0) is 91.9 Å². The van der Waals surface area contributed by atoms with Crippen LogP contribution in [0, 0.1) is 0 Å². The first-order valence-corrected chi connectivity index (χ1v) is 19.5. The van der Waals surface area contributed by atoms with Gasteiger partial charge in [0.1, 0.15) is 16.8 Å². The van der Waals surface area contributed by atoms with Crippen molar-refractivity contribution in [2.45, 2.75) is 12.3 Å². The van der Waals surface area contributed by atoms with Gasteiger partial charge in [0, 0.05) is 16.5 Å². The van der Waals surface area contributed by atoms with Gasteiger partial charge in [-0.25, -0.2) is 9.97 Å². The van der Waals surface area contributed by atoms with Crippen molar-refractivity contribution >= 4 is 27.6 Å². The zero-order valence-corrected chi connectivity index (χ0v) is 31.4. The van der Waals surface area contributed by atoms with E-state index in [1.807, 2.05) is 43.4 Å². The molecule has 0 saturated carbocycles. The molecule has 0 amide bonds. The number of fused-ring (bicyclic) bond motifs is 13. The molecule has 0 aliphatic heterocycles. The summed E-state index contributed by atoms with van der Waals surface area (Å²) in [6.07, 6.45) is 7.73. The zero-order chi connectivity index (χ0) is 38.1. The van der Waals surface area contributed by atoms with Crippen molar-refractivity contribution in [1.29, 1.82) is 0 Å². The molecule has 57 heavy (non-hydrogen) atoms. The first kappa shape index (κ1) is 33.0. The quantitative estimate of drug-likeness (QED) is 0.160. The summed E-state index contributed by atoms with van der Waals surface area (Å²) in [5, 5.41) is 0.946. The summed E-state index contributed by atoms with van der Waals surface area (Å²) in [6, 6.07) is 59.4. The summed E-state index contributed by atoms with van der Waals surface area (Å²) in [4.78, 5) is 10.2. The number of hydrogen-bond donors (Lipinski definition) is 0. The van der Waals surface area contributed by atoms with E-state index in [1.54, 1.807) is 6.08 Å². The van der Waals surface area contributed by atoms with Crippen molar-refractivity contribution in [3.05, 3.63) is 223 Å². The van der Waals surface area contributed by atoms with Gasteiger partial charge in [-0.2, -0.15) is 0 Å². The monoisotopic (exact) mass is 728 g/mol. The zero-order valence-electron chi connectivity index (χ0n) is 31.4. The third kappa shape index (κ3) is 4.79. The minimum atomic E-state index is -0.382. The molecule has 1 spiro atoms. The van der Waals surface area contributed by atoms with Crippen molar-refractivity contribution in [3.8, 4) is 55.8 Å². The average Bonchev–Trinajstić information content (AvgIpc) is 3.90. The number of rotatable bonds is 6. The Bertz CT molecular complexity index is 3120. The molecule has 3 nitrogen and oxygen atoms in total. The third-order valence-corrected chi connectivity index (χ3v) is 11.8. The SMILES string of the molecule is C=C/C=C(\C=C/C)c1nc(-c2ccccc2)c2oc3ccc(-c4cccc(-c5cccc6c5-c5ccccc5C65c6ccccc6-c6ccccc65)c4)cc3c2n1. The van der Waals surface area contributed by atoms with Gasteiger partial charge in [-0.15, -0.1) is 0 Å². The summed E-state index contributed by atoms with van der Waals surface area (Å²) >= 11 is 0. The van der Waals surface area contributed by atoms with Gasteiger partial charge >= 0.3 is 0 Å². The van der Waals surface area contributed by atoms with Crippen molar-refractivity contribution < 1.29 is 4.42 Å². The first-order chi connectivity index (χ1) is 28.2. The minimum absolute atomic E-state index is 0.382. The summed E-state index contributed by atoms with van der Waals surface area (Å²) in [5.41, 5.74) is 19.7. The predicted molar refractivity (Wildman–Crippen MR) is 235 cm³/mol. The molecule has 0 bridgehead atoms. The Hall–Kier alpha value is -7.36. The van der Waals surface area contributed by atoms with Gasteiger partial charge in [0.2, 0.25) is 0 Å². The molecule has 2 aliphatic rings. The molecule has 11 rings (SSSR count). The van der Waals surface area contributed by atoms with Crippen molar-refractivity contribution in [2.75, 3.05) is 0 Å². The van der Waals surface area contributed by atoms with Crippen LogP contribution in [0.5, 0.6) is 0 Å². The van der Waals surface area contributed by atoms with Crippen LogP contribution in [0.2, 0.25) is 0 Å². The average molecular weight is 729 g/mol. The van der Waals surface area contributed by atoms with Crippen LogP contribution in [0.25, 0.3) is 83.4 Å². The van der Waals surface area contributed by atoms with Crippen LogP contribution in [-0.4, -0.2) is 9.97 Å². The van der Waals surface area contributed by atoms with Crippen molar-refractivity contribution in [2.24, 2.45) is 0 Å². The van der Waals surface area contributed by atoms with Crippen LogP contribution < -0.4 is 0 Å². The maximum Gasteiger partial charge on any atom is 0.180 e. The van der Waals surface area contributed by atoms with E-state index < -0.39 is 0 Å². The molecule has 2 heterocycles. The predicted octanol–water partition coefficient (Wildman–Crippen LogP) is 13.9. The lowest BCUT2D eigenvalue weighted by Crippen LogP contribution is -2.25. The molecule has 0 fully saturated rings. The number of benzene rings is 7. The molecule has 0 N–H and O–H groups in total. The van der Waals surface area contributed by atoms with Crippen LogP contribution in [0.15, 0.2) is 199 Å². The fourth-order valence-corrected chi connectivity index (χ4v) is 9.51. The maximum absolute atomic E-state index is 6.57. The topological polar surface area (TPSA) is 38.9 Å². The second kappa shape index (κ2) is 12.9. The lowest BCUT2D eigenvalue weighted by molar-refractivity contribution is 0.667. The van der Waals surface area contributed by atoms with E-state index in [0.717, 1.165) is 44.4 Å². The van der Waals surface area contributed by atoms with Crippen LogP contribution in [0.3, 0.4) is 0 Å². The standard InChI is InChI=1S/C54H36N2O/c1-3-16-35(17-4-2)53-55-50(34-18-6-5-7-19-34)52-51(56-53)43-33-37(30-31-48(43)57-52)36-20-14-21-38(32-36)39-25-15-29-47-49(39)42-24-10-13-28-46(42)54(47)44-26-11-8-22-40(44)41-23-9-12-27-45(41)54/h3-33H,1H2,2H3/b17-4-,35-16+. The van der Waals surface area contributed by atoms with Gasteiger partial charge in [0.25, 0.3) is 0 Å². The third-order valence-electron chi connectivity index (χ3n) is 11.8. The second-order valence-electron chi connectivity index (χ2n) is 14.8. The van der Waals surface area contributed by atoms with Crippen molar-refractivity contribution in [3.63, 3.8) is 0 Å². The number of aromatic nitrogens is 2. The highest BCUT2D eigenvalue weighted by Crippen LogP contribution is 2.64. The normalized spacial score (nSPS) is 13.6. The molecule has 2 aliphatic carbocycles. The summed E-state index contributed by atoms with van der Waals surface area (Å²) in [5.74, 6) is 0.623. The van der Waals surface area contributed by atoms with E-state index in [1.165, 1.54) is 55.6 Å². The van der Waals surface area contributed by atoms with Gasteiger partial charge in [-0.3, -0.25) is 0 Å². The molecule has 0 saturated heterocycles. The lowest BCUT2D eigenvalue weighted by atomic mass is 9.70. The Morgan fingerprint density at radius 1 is 0.561 bits per heavy atom. The Kier molecular flexibility index (Phi) is 7.45. The fourth-order valence-electron chi connectivity index (χ4n) is 9.51. The molecular formula is C54H36N2O. The van der Waals surface area contributed by atoms with E-state index in [2.05, 4.69) is 152 Å². The largest absolute Gasteiger partial charge is 0.452 e. The number of hydrogen-bond acceptors (Lipinski definition) is 3. The molecule has 3 heteroatoms. The van der Waals surface area contributed by atoms with Crippen LogP contribution in [0.4, 0.5) is 0 Å². The smallest absolute Gasteiger partial charge is 0.180 e. The van der Waals surface area contributed by atoms with Crippen LogP contribution >= 0.6 is 0 Å². The van der Waals surface area contributed by atoms with E-state index in [-0.39, 0.29) is 5.41 Å². The van der Waals surface area contributed by atoms with E-state index in [0.29, 0.717) is 11.4 Å². The number of nitrogens with zero attached hydrogens (tertiary/aromatic N) is 2. The Labute approximate surface area is 331 Å². The minimum Gasteiger partial charge on any atom is -0.452 e. The van der Waals surface area contributed by atoms with Crippen LogP contribution in [0.1, 0.15) is 35.0 Å². The highest BCUT2D eigenvalue weighted by Gasteiger charge is 2.51. The first-order valence-electron chi connectivity index (χ1n) is 19.5. The molecule has 7 aromatic carbocycles. The molecule has 9 aromatic rings. The summed E-state index contributed by atoms with van der Waals surface area (Å²) in [7, 11) is 0. The summed E-state index contributed by atoms with van der Waals surface area (Å²) < 4.78 is 6.57. The molecule has 0 atom stereocenters. The molecule has 0 radical (unpaired) electrons. The van der Waals surface area contributed by atoms with Gasteiger partial charge < -0.3 is 4.42 Å². The summed E-state index contributed by atoms with van der Waals surface area (Å²) in [6.45, 7) is 5.94. The van der Waals surface area contributed by atoms with Crippen molar-refractivity contribution in [1.82, 2.24) is 9.97 Å². The highest BCUT2D eigenvalue weighted by atomic mass is 16.3. The Morgan fingerprint density at radius 3 is 1.89 bits per heavy atom. The van der Waals surface area contributed by atoms with E-state index in [4.69, 9.17) is 14.4 Å². The van der Waals surface area contributed by atoms with E-state index >= 15 is 0 Å². The number of allylic oxidation sites excluding steroid dienone is 5. The fraction of sp³-hybridized carbons (Fsp3) is 0.0370. The molecule has 0 unspecified atom stereocenters. The molecule has 2 aromatic heterocycles. The van der Waals surface area contributed by atoms with Gasteiger partial charge in [-0.1, -0.05) is 176 Å². The Morgan fingerprint density at radius 2 is 1.16 bits per heavy atom. The second-order valence-corrected chi connectivity index (χ2v) is 14.8. The number of furan rings is 1. The maximum atomic E-state index is 6.57. The van der Waals surface area contributed by atoms with Crippen LogP contribution in [-0.2, 0) is 5.41 Å².